The number of amides is 2. The molecule has 4 aromatic rings. The summed E-state index contributed by atoms with van der Waals surface area (Å²) in [6.07, 6.45) is 5.47. The first-order chi connectivity index (χ1) is 16.9. The van der Waals surface area contributed by atoms with Crippen LogP contribution >= 0.6 is 0 Å². The van der Waals surface area contributed by atoms with Crippen LogP contribution in [-0.2, 0) is 11.8 Å². The molecule has 1 saturated heterocycles. The van der Waals surface area contributed by atoms with Crippen molar-refractivity contribution in [1.29, 1.82) is 0 Å². The topological polar surface area (TPSA) is 114 Å². The molecular weight excluding hydrogens is 449 g/mol. The fourth-order valence-electron chi connectivity index (χ4n) is 4.08. The van der Waals surface area contributed by atoms with Gasteiger partial charge in [0.2, 0.25) is 5.91 Å². The molecule has 2 atom stereocenters. The molecule has 1 aromatic carbocycles. The first-order valence-corrected chi connectivity index (χ1v) is 11.2. The number of anilines is 1. The van der Waals surface area contributed by atoms with E-state index < -0.39 is 11.9 Å². The second-order valence-corrected chi connectivity index (χ2v) is 8.67. The van der Waals surface area contributed by atoms with Crippen LogP contribution in [-0.4, -0.2) is 44.1 Å². The Kier molecular flexibility index (Phi) is 5.86. The van der Waals surface area contributed by atoms with Gasteiger partial charge in [-0.3, -0.25) is 14.3 Å². The third kappa shape index (κ3) is 4.81. The van der Waals surface area contributed by atoms with E-state index in [0.29, 0.717) is 35.4 Å². The van der Waals surface area contributed by atoms with E-state index in [0.717, 1.165) is 10.9 Å². The number of aromatic nitrogens is 4. The van der Waals surface area contributed by atoms with Crippen molar-refractivity contribution in [2.75, 3.05) is 11.9 Å². The molecular formula is C25H24FN7O2. The van der Waals surface area contributed by atoms with Crippen molar-refractivity contribution in [2.24, 2.45) is 7.05 Å². The number of benzene rings is 1. The molecule has 1 aliphatic rings. The van der Waals surface area contributed by atoms with Crippen LogP contribution in [0.25, 0.3) is 10.9 Å². The van der Waals surface area contributed by atoms with Crippen molar-refractivity contribution >= 4 is 28.5 Å². The quantitative estimate of drug-likeness (QED) is 0.397. The number of hydrogen-bond donors (Lipinski definition) is 3. The van der Waals surface area contributed by atoms with Gasteiger partial charge in [-0.15, -0.1) is 0 Å². The molecule has 0 spiro atoms. The molecule has 1 aliphatic heterocycles. The predicted octanol–water partition coefficient (Wildman–Crippen LogP) is 2.63. The fraction of sp³-hybridized carbons (Fsp3) is 0.240. The normalized spacial score (nSPS) is 16.2. The maximum absolute atomic E-state index is 14.3. The highest BCUT2D eigenvalue weighted by Gasteiger charge is 2.23. The van der Waals surface area contributed by atoms with Gasteiger partial charge in [-0.05, 0) is 36.2 Å². The lowest BCUT2D eigenvalue weighted by atomic mass is 9.99. The monoisotopic (exact) mass is 473 g/mol. The molecule has 4 heterocycles. The summed E-state index contributed by atoms with van der Waals surface area (Å²) < 4.78 is 15.9. The number of hydrogen-bond acceptors (Lipinski definition) is 6. The van der Waals surface area contributed by atoms with E-state index >= 15 is 0 Å². The molecule has 10 heteroatoms. The van der Waals surface area contributed by atoms with E-state index in [2.05, 4.69) is 31.0 Å². The van der Waals surface area contributed by atoms with Crippen molar-refractivity contribution in [3.63, 3.8) is 0 Å². The molecule has 35 heavy (non-hydrogen) atoms. The molecule has 178 valence electrons. The van der Waals surface area contributed by atoms with E-state index in [1.54, 1.807) is 67.6 Å². The van der Waals surface area contributed by atoms with Crippen molar-refractivity contribution in [3.8, 4) is 0 Å². The maximum Gasteiger partial charge on any atom is 0.270 e. The van der Waals surface area contributed by atoms with Crippen LogP contribution in [0.2, 0.25) is 0 Å². The largest absolute Gasteiger partial charge is 0.365 e. The summed E-state index contributed by atoms with van der Waals surface area (Å²) in [7, 11) is 1.78. The van der Waals surface area contributed by atoms with Crippen molar-refractivity contribution in [3.05, 3.63) is 83.2 Å². The Morgan fingerprint density at radius 2 is 2.06 bits per heavy atom. The average Bonchev–Trinajstić information content (AvgIpc) is 3.46. The highest BCUT2D eigenvalue weighted by Crippen LogP contribution is 2.24. The smallest absolute Gasteiger partial charge is 0.270 e. The molecule has 9 nitrogen and oxygen atoms in total. The van der Waals surface area contributed by atoms with E-state index in [1.807, 2.05) is 0 Å². The fourth-order valence-corrected chi connectivity index (χ4v) is 4.08. The van der Waals surface area contributed by atoms with Crippen LogP contribution in [0.5, 0.6) is 0 Å². The zero-order valence-electron chi connectivity index (χ0n) is 19.2. The van der Waals surface area contributed by atoms with Gasteiger partial charge in [0.05, 0.1) is 23.8 Å². The van der Waals surface area contributed by atoms with Gasteiger partial charge >= 0.3 is 0 Å². The number of halogens is 1. The number of nitrogens with one attached hydrogen (secondary N) is 3. The molecule has 2 amide bonds. The van der Waals surface area contributed by atoms with Gasteiger partial charge in [-0.2, -0.15) is 5.10 Å². The van der Waals surface area contributed by atoms with Crippen molar-refractivity contribution in [2.45, 2.75) is 25.4 Å². The maximum atomic E-state index is 14.3. The summed E-state index contributed by atoms with van der Waals surface area (Å²) in [5.74, 6) is -0.177. The Morgan fingerprint density at radius 3 is 2.77 bits per heavy atom. The van der Waals surface area contributed by atoms with Gasteiger partial charge in [-0.25, -0.2) is 14.4 Å². The first kappa shape index (κ1) is 22.5. The van der Waals surface area contributed by atoms with E-state index in [9.17, 15) is 14.0 Å². The molecule has 1 unspecified atom stereocenters. The summed E-state index contributed by atoms with van der Waals surface area (Å²) >= 11 is 0. The minimum absolute atomic E-state index is 0.00278. The van der Waals surface area contributed by atoms with Gasteiger partial charge in [0.15, 0.2) is 0 Å². The first-order valence-electron chi connectivity index (χ1n) is 11.2. The van der Waals surface area contributed by atoms with Crippen molar-refractivity contribution in [1.82, 2.24) is 30.4 Å². The number of aryl methyl sites for hydroxylation is 2. The van der Waals surface area contributed by atoms with Crippen molar-refractivity contribution < 1.29 is 14.0 Å². The standard InChI is InChI=1S/C25H24FN7O2/c1-14-3-4-15(7-19(14)26)24(17-11-29-33(2)13-17)32-25(35)20-6-5-16-10-27-22(9-21(16)31-20)30-18-8-23(34)28-12-18/h3-7,9-11,13,18,24H,8,12H2,1-2H3,(H,27,30)(H,28,34)(H,32,35)/t18?,24-/m0/s1. The summed E-state index contributed by atoms with van der Waals surface area (Å²) in [6.45, 7) is 2.22. The molecule has 1 fully saturated rings. The number of carbonyl (C=O) groups is 2. The van der Waals surface area contributed by atoms with Gasteiger partial charge in [-0.1, -0.05) is 12.1 Å². The van der Waals surface area contributed by atoms with Crippen LogP contribution in [0.3, 0.4) is 0 Å². The highest BCUT2D eigenvalue weighted by molar-refractivity contribution is 5.95. The SMILES string of the molecule is Cc1ccc([C@H](NC(=O)c2ccc3cnc(NC4CNC(=O)C4)cc3n2)c2cnn(C)c2)cc1F. The van der Waals surface area contributed by atoms with Gasteiger partial charge < -0.3 is 16.0 Å². The summed E-state index contributed by atoms with van der Waals surface area (Å²) in [4.78, 5) is 33.6. The Hall–Kier alpha value is -4.34. The third-order valence-electron chi connectivity index (χ3n) is 6.00. The minimum atomic E-state index is -0.606. The van der Waals surface area contributed by atoms with E-state index in [1.165, 1.54) is 6.07 Å². The molecule has 5 rings (SSSR count). The molecule has 3 N–H and O–H groups in total. The minimum Gasteiger partial charge on any atom is -0.365 e. The predicted molar refractivity (Wildman–Crippen MR) is 128 cm³/mol. The highest BCUT2D eigenvalue weighted by atomic mass is 19.1. The van der Waals surface area contributed by atoms with E-state index in [-0.39, 0.29) is 23.5 Å². The summed E-state index contributed by atoms with van der Waals surface area (Å²) in [5, 5.41) is 13.9. The number of pyridine rings is 2. The van der Waals surface area contributed by atoms with Gasteiger partial charge in [0.25, 0.3) is 5.91 Å². The lowest BCUT2D eigenvalue weighted by Gasteiger charge is -2.18. The number of nitrogens with zero attached hydrogens (tertiary/aromatic N) is 4. The lowest BCUT2D eigenvalue weighted by Crippen LogP contribution is -2.30. The molecule has 0 bridgehead atoms. The summed E-state index contributed by atoms with van der Waals surface area (Å²) in [5.41, 5.74) is 2.66. The molecule has 3 aromatic heterocycles. The zero-order chi connectivity index (χ0) is 24.5. The molecule has 0 radical (unpaired) electrons. The molecule has 0 aliphatic carbocycles. The van der Waals surface area contributed by atoms with Gasteiger partial charge in [0.1, 0.15) is 17.3 Å². The second kappa shape index (κ2) is 9.13. The third-order valence-corrected chi connectivity index (χ3v) is 6.00. The van der Waals surface area contributed by atoms with Gasteiger partial charge in [0, 0.05) is 49.4 Å². The second-order valence-electron chi connectivity index (χ2n) is 8.67. The van der Waals surface area contributed by atoms with E-state index in [4.69, 9.17) is 0 Å². The zero-order valence-corrected chi connectivity index (χ0v) is 19.2. The van der Waals surface area contributed by atoms with Crippen LogP contribution in [0.4, 0.5) is 10.2 Å². The Balaban J connectivity index is 1.41. The van der Waals surface area contributed by atoms with Crippen LogP contribution in [0, 0.1) is 12.7 Å². The van der Waals surface area contributed by atoms with Crippen LogP contribution < -0.4 is 16.0 Å². The number of fused-ring (bicyclic) bond motifs is 1. The number of carbonyl (C=O) groups excluding carboxylic acids is 2. The Labute approximate surface area is 200 Å². The average molecular weight is 474 g/mol. The molecule has 0 saturated carbocycles. The number of rotatable bonds is 6. The summed E-state index contributed by atoms with van der Waals surface area (Å²) in [6, 6.07) is 9.40. The Bertz CT molecular complexity index is 1430. The van der Waals surface area contributed by atoms with Crippen LogP contribution in [0.1, 0.15) is 39.6 Å². The van der Waals surface area contributed by atoms with Crippen LogP contribution in [0.15, 0.2) is 55.0 Å². The lowest BCUT2D eigenvalue weighted by molar-refractivity contribution is -0.119. The Morgan fingerprint density at radius 1 is 1.20 bits per heavy atom.